The van der Waals surface area contributed by atoms with Crippen LogP contribution in [0.15, 0.2) is 0 Å². The molecule has 0 aromatic heterocycles. The quantitative estimate of drug-likeness (QED) is 0.745. The Kier molecular flexibility index (Phi) is 6.79. The summed E-state index contributed by atoms with van der Waals surface area (Å²) >= 11 is 0. The van der Waals surface area contributed by atoms with E-state index in [1.54, 1.807) is 0 Å². The third-order valence-corrected chi connectivity index (χ3v) is 2.80. The van der Waals surface area contributed by atoms with Crippen LogP contribution in [0.5, 0.6) is 0 Å². The number of rotatable bonds is 3. The van der Waals surface area contributed by atoms with E-state index in [2.05, 4.69) is 26.1 Å². The maximum absolute atomic E-state index is 3.67. The molecule has 0 aliphatic carbocycles. The normalized spacial score (nSPS) is 28.6. The highest BCUT2D eigenvalue weighted by molar-refractivity contribution is 5.85. The van der Waals surface area contributed by atoms with Gasteiger partial charge in [-0.2, -0.15) is 0 Å². The average molecular weight is 206 g/mol. The summed E-state index contributed by atoms with van der Waals surface area (Å²) in [6, 6.07) is 1.58. The highest BCUT2D eigenvalue weighted by Crippen LogP contribution is 2.17. The molecule has 80 valence electrons. The van der Waals surface area contributed by atoms with Crippen LogP contribution in [0.2, 0.25) is 0 Å². The van der Waals surface area contributed by atoms with E-state index in [9.17, 15) is 0 Å². The molecule has 0 saturated carbocycles. The van der Waals surface area contributed by atoms with Crippen molar-refractivity contribution in [2.75, 3.05) is 0 Å². The SMILES string of the molecule is CC(C)CC[C@H]1CCC[C@H](C)N1.Cl. The second-order valence-electron chi connectivity index (χ2n) is 4.67. The molecule has 1 heterocycles. The summed E-state index contributed by atoms with van der Waals surface area (Å²) < 4.78 is 0. The summed E-state index contributed by atoms with van der Waals surface area (Å²) in [7, 11) is 0. The van der Waals surface area contributed by atoms with Crippen molar-refractivity contribution >= 4 is 12.4 Å². The molecular weight excluding hydrogens is 182 g/mol. The van der Waals surface area contributed by atoms with Gasteiger partial charge in [0.2, 0.25) is 0 Å². The molecule has 1 fully saturated rings. The van der Waals surface area contributed by atoms with Gasteiger partial charge in [0, 0.05) is 12.1 Å². The smallest absolute Gasteiger partial charge is 0.00696 e. The third kappa shape index (κ3) is 5.53. The van der Waals surface area contributed by atoms with E-state index in [-0.39, 0.29) is 12.4 Å². The van der Waals surface area contributed by atoms with Crippen molar-refractivity contribution in [1.82, 2.24) is 5.32 Å². The lowest BCUT2D eigenvalue weighted by molar-refractivity contribution is 0.307. The van der Waals surface area contributed by atoms with E-state index < -0.39 is 0 Å². The zero-order valence-corrected chi connectivity index (χ0v) is 9.99. The Labute approximate surface area is 89.1 Å². The zero-order valence-electron chi connectivity index (χ0n) is 9.18. The molecule has 0 aromatic rings. The molecule has 0 bridgehead atoms. The molecule has 1 nitrogen and oxygen atoms in total. The lowest BCUT2D eigenvalue weighted by Gasteiger charge is -2.29. The van der Waals surface area contributed by atoms with Gasteiger partial charge in [-0.05, 0) is 38.5 Å². The molecule has 0 amide bonds. The summed E-state index contributed by atoms with van der Waals surface area (Å²) in [5, 5.41) is 3.67. The minimum Gasteiger partial charge on any atom is -0.312 e. The second kappa shape index (κ2) is 6.67. The van der Waals surface area contributed by atoms with Gasteiger partial charge in [-0.3, -0.25) is 0 Å². The topological polar surface area (TPSA) is 12.0 Å². The van der Waals surface area contributed by atoms with Crippen LogP contribution in [0.1, 0.15) is 52.9 Å². The third-order valence-electron chi connectivity index (χ3n) is 2.80. The van der Waals surface area contributed by atoms with E-state index in [1.165, 1.54) is 32.1 Å². The molecule has 1 N–H and O–H groups in total. The first kappa shape index (κ1) is 13.2. The molecule has 0 radical (unpaired) electrons. The zero-order chi connectivity index (χ0) is 8.97. The molecule has 2 heteroatoms. The van der Waals surface area contributed by atoms with Gasteiger partial charge in [-0.15, -0.1) is 12.4 Å². The van der Waals surface area contributed by atoms with Crippen LogP contribution in [-0.2, 0) is 0 Å². The number of piperidine rings is 1. The first-order valence-corrected chi connectivity index (χ1v) is 5.44. The maximum atomic E-state index is 3.67. The maximum Gasteiger partial charge on any atom is 0.00696 e. The van der Waals surface area contributed by atoms with Crippen molar-refractivity contribution in [2.24, 2.45) is 5.92 Å². The van der Waals surface area contributed by atoms with Gasteiger partial charge in [0.15, 0.2) is 0 Å². The predicted molar refractivity (Wildman–Crippen MR) is 61.6 cm³/mol. The molecule has 1 rings (SSSR count). The van der Waals surface area contributed by atoms with Crippen LogP contribution in [0.4, 0.5) is 0 Å². The Bertz CT molecular complexity index is 125. The van der Waals surface area contributed by atoms with Crippen LogP contribution in [0.3, 0.4) is 0 Å². The van der Waals surface area contributed by atoms with Crippen LogP contribution in [-0.4, -0.2) is 12.1 Å². The fourth-order valence-electron chi connectivity index (χ4n) is 2.00. The van der Waals surface area contributed by atoms with Gasteiger partial charge in [0.1, 0.15) is 0 Å². The van der Waals surface area contributed by atoms with Crippen molar-refractivity contribution in [2.45, 2.75) is 65.0 Å². The van der Waals surface area contributed by atoms with Crippen molar-refractivity contribution < 1.29 is 0 Å². The van der Waals surface area contributed by atoms with Gasteiger partial charge in [0.05, 0.1) is 0 Å². The Balaban J connectivity index is 0.00000144. The fourth-order valence-corrected chi connectivity index (χ4v) is 2.00. The van der Waals surface area contributed by atoms with E-state index in [1.807, 2.05) is 0 Å². The van der Waals surface area contributed by atoms with E-state index in [0.29, 0.717) is 0 Å². The molecule has 2 atom stereocenters. The van der Waals surface area contributed by atoms with E-state index in [4.69, 9.17) is 0 Å². The summed E-state index contributed by atoms with van der Waals surface area (Å²) in [6.45, 7) is 6.93. The predicted octanol–water partition coefficient (Wildman–Crippen LogP) is 3.38. The molecular formula is C11H24ClN. The van der Waals surface area contributed by atoms with Crippen LogP contribution in [0.25, 0.3) is 0 Å². The van der Waals surface area contributed by atoms with E-state index >= 15 is 0 Å². The van der Waals surface area contributed by atoms with Gasteiger partial charge in [-0.25, -0.2) is 0 Å². The summed E-state index contributed by atoms with van der Waals surface area (Å²) in [6.07, 6.45) is 6.96. The highest BCUT2D eigenvalue weighted by Gasteiger charge is 2.17. The number of nitrogens with one attached hydrogen (secondary N) is 1. The van der Waals surface area contributed by atoms with Gasteiger partial charge in [-0.1, -0.05) is 20.3 Å². The monoisotopic (exact) mass is 205 g/mol. The molecule has 1 aliphatic rings. The first-order chi connectivity index (χ1) is 5.68. The number of halogens is 1. The molecule has 0 aromatic carbocycles. The van der Waals surface area contributed by atoms with Crippen LogP contribution >= 0.6 is 12.4 Å². The van der Waals surface area contributed by atoms with Crippen molar-refractivity contribution in [1.29, 1.82) is 0 Å². The highest BCUT2D eigenvalue weighted by atomic mass is 35.5. The lowest BCUT2D eigenvalue weighted by atomic mass is 9.94. The Morgan fingerprint density at radius 2 is 2.00 bits per heavy atom. The Morgan fingerprint density at radius 3 is 2.54 bits per heavy atom. The van der Waals surface area contributed by atoms with Gasteiger partial charge >= 0.3 is 0 Å². The van der Waals surface area contributed by atoms with Crippen molar-refractivity contribution in [3.8, 4) is 0 Å². The summed E-state index contributed by atoms with van der Waals surface area (Å²) in [5.41, 5.74) is 0. The number of hydrogen-bond acceptors (Lipinski definition) is 1. The molecule has 1 saturated heterocycles. The molecule has 0 spiro atoms. The van der Waals surface area contributed by atoms with Crippen molar-refractivity contribution in [3.05, 3.63) is 0 Å². The number of hydrogen-bond donors (Lipinski definition) is 1. The molecule has 0 unspecified atom stereocenters. The average Bonchev–Trinajstić information content (AvgIpc) is 2.01. The Hall–Kier alpha value is 0.250. The minimum absolute atomic E-state index is 0. The minimum atomic E-state index is 0. The summed E-state index contributed by atoms with van der Waals surface area (Å²) in [5.74, 6) is 0.865. The molecule has 1 aliphatic heterocycles. The van der Waals surface area contributed by atoms with Crippen molar-refractivity contribution in [3.63, 3.8) is 0 Å². The standard InChI is InChI=1S/C11H23N.ClH/c1-9(2)7-8-11-6-4-5-10(3)12-11;/h9-12H,4-8H2,1-3H3;1H/t10-,11+;/m0./s1. The van der Waals surface area contributed by atoms with Gasteiger partial charge < -0.3 is 5.32 Å². The van der Waals surface area contributed by atoms with Gasteiger partial charge in [0.25, 0.3) is 0 Å². The van der Waals surface area contributed by atoms with Crippen LogP contribution < -0.4 is 5.32 Å². The lowest BCUT2D eigenvalue weighted by Crippen LogP contribution is -2.40. The Morgan fingerprint density at radius 1 is 1.31 bits per heavy atom. The second-order valence-corrected chi connectivity index (χ2v) is 4.67. The summed E-state index contributed by atoms with van der Waals surface area (Å²) in [4.78, 5) is 0. The largest absolute Gasteiger partial charge is 0.312 e. The molecule has 13 heavy (non-hydrogen) atoms. The van der Waals surface area contributed by atoms with E-state index in [0.717, 1.165) is 18.0 Å². The first-order valence-electron chi connectivity index (χ1n) is 5.44. The fraction of sp³-hybridized carbons (Fsp3) is 1.00. The van der Waals surface area contributed by atoms with Crippen LogP contribution in [0, 0.1) is 5.92 Å².